The summed E-state index contributed by atoms with van der Waals surface area (Å²) in [5.41, 5.74) is 6.13. The summed E-state index contributed by atoms with van der Waals surface area (Å²) >= 11 is 1.66. The lowest BCUT2D eigenvalue weighted by molar-refractivity contribution is 0.103. The van der Waals surface area contributed by atoms with Gasteiger partial charge in [0.05, 0.1) is 5.71 Å². The quantitative estimate of drug-likeness (QED) is 0.122. The predicted octanol–water partition coefficient (Wildman–Crippen LogP) is 8.05. The lowest BCUT2D eigenvalue weighted by Crippen LogP contribution is -2.14. The Balaban J connectivity index is 1.44. The Labute approximate surface area is 227 Å². The van der Waals surface area contributed by atoms with Crippen LogP contribution in [-0.2, 0) is 6.54 Å². The third-order valence-corrected chi connectivity index (χ3v) is 8.02. The molecule has 0 fully saturated rings. The molecule has 38 heavy (non-hydrogen) atoms. The van der Waals surface area contributed by atoms with Gasteiger partial charge in [0.2, 0.25) is 5.78 Å². The molecule has 1 aromatic heterocycles. The molecule has 0 radical (unpaired) electrons. The lowest BCUT2D eigenvalue weighted by atomic mass is 9.97. The van der Waals surface area contributed by atoms with Crippen molar-refractivity contribution in [3.63, 3.8) is 0 Å². The fourth-order valence-corrected chi connectivity index (χ4v) is 5.77. The number of rotatable bonds is 9. The Morgan fingerprint density at radius 1 is 0.816 bits per heavy atom. The van der Waals surface area contributed by atoms with Crippen LogP contribution in [-0.4, -0.2) is 27.6 Å². The first-order chi connectivity index (χ1) is 18.4. The SMILES string of the molecule is CCn1c2ccc(C(=O)C(=N)CCSc3ccc(C)cc3)cc2c2cc(C(=O)c3ccccc3C)ccc21. The van der Waals surface area contributed by atoms with Gasteiger partial charge in [-0.2, -0.15) is 0 Å². The van der Waals surface area contributed by atoms with Crippen LogP contribution in [0.3, 0.4) is 0 Å². The molecular formula is C33H30N2O2S. The van der Waals surface area contributed by atoms with Crippen molar-refractivity contribution >= 4 is 50.8 Å². The third-order valence-electron chi connectivity index (χ3n) is 7.01. The van der Waals surface area contributed by atoms with Gasteiger partial charge >= 0.3 is 0 Å². The molecule has 190 valence electrons. The molecule has 0 saturated carbocycles. The second kappa shape index (κ2) is 10.8. The maximum absolute atomic E-state index is 13.3. The maximum Gasteiger partial charge on any atom is 0.206 e. The van der Waals surface area contributed by atoms with Crippen LogP contribution in [0.15, 0.2) is 89.8 Å². The van der Waals surface area contributed by atoms with Gasteiger partial charge in [0.25, 0.3) is 0 Å². The van der Waals surface area contributed by atoms with Gasteiger partial charge in [-0.15, -0.1) is 11.8 Å². The van der Waals surface area contributed by atoms with Gasteiger partial charge in [-0.3, -0.25) is 9.59 Å². The predicted molar refractivity (Wildman–Crippen MR) is 158 cm³/mol. The van der Waals surface area contributed by atoms with Crippen LogP contribution in [0.4, 0.5) is 0 Å². The van der Waals surface area contributed by atoms with Crippen molar-refractivity contribution in [1.82, 2.24) is 4.57 Å². The number of nitrogens with one attached hydrogen (secondary N) is 1. The molecule has 0 aliphatic rings. The molecule has 1 heterocycles. The first-order valence-corrected chi connectivity index (χ1v) is 13.8. The highest BCUT2D eigenvalue weighted by Gasteiger charge is 2.18. The number of carbonyl (C=O) groups is 2. The third kappa shape index (κ3) is 4.94. The molecule has 0 atom stereocenters. The fraction of sp³-hybridized carbons (Fsp3) is 0.182. The molecule has 0 amide bonds. The van der Waals surface area contributed by atoms with E-state index in [2.05, 4.69) is 42.7 Å². The highest BCUT2D eigenvalue weighted by Crippen LogP contribution is 2.32. The van der Waals surface area contributed by atoms with Gasteiger partial charge in [0.15, 0.2) is 5.78 Å². The Bertz CT molecular complexity index is 1700. The number of ketones is 2. The zero-order valence-corrected chi connectivity index (χ0v) is 22.7. The van der Waals surface area contributed by atoms with E-state index < -0.39 is 0 Å². The van der Waals surface area contributed by atoms with E-state index in [1.807, 2.05) is 67.6 Å². The molecule has 0 spiro atoms. The largest absolute Gasteiger partial charge is 0.341 e. The Hall–Kier alpha value is -3.96. The van der Waals surface area contributed by atoms with Gasteiger partial charge in [0.1, 0.15) is 0 Å². The number of hydrogen-bond donors (Lipinski definition) is 1. The molecule has 4 aromatic carbocycles. The fourth-order valence-electron chi connectivity index (χ4n) is 4.90. The minimum Gasteiger partial charge on any atom is -0.341 e. The van der Waals surface area contributed by atoms with Crippen molar-refractivity contribution in [3.05, 3.63) is 113 Å². The summed E-state index contributed by atoms with van der Waals surface area (Å²) in [6.45, 7) is 6.86. The van der Waals surface area contributed by atoms with E-state index in [1.165, 1.54) is 5.56 Å². The van der Waals surface area contributed by atoms with E-state index in [9.17, 15) is 9.59 Å². The molecule has 0 aliphatic carbocycles. The van der Waals surface area contributed by atoms with Crippen molar-refractivity contribution in [2.75, 3.05) is 5.75 Å². The highest BCUT2D eigenvalue weighted by atomic mass is 32.2. The first-order valence-electron chi connectivity index (χ1n) is 12.8. The molecule has 0 saturated heterocycles. The lowest BCUT2D eigenvalue weighted by Gasteiger charge is -2.06. The number of carbonyl (C=O) groups excluding carboxylic acids is 2. The second-order valence-corrected chi connectivity index (χ2v) is 10.7. The summed E-state index contributed by atoms with van der Waals surface area (Å²) in [6.07, 6.45) is 0.404. The Morgan fingerprint density at radius 3 is 2.11 bits per heavy atom. The number of benzene rings is 4. The van der Waals surface area contributed by atoms with Crippen molar-refractivity contribution in [3.8, 4) is 0 Å². The first kappa shape index (κ1) is 25.7. The molecule has 5 rings (SSSR count). The summed E-state index contributed by atoms with van der Waals surface area (Å²) in [4.78, 5) is 27.6. The van der Waals surface area contributed by atoms with Crippen LogP contribution in [0.5, 0.6) is 0 Å². The zero-order chi connectivity index (χ0) is 26.8. The van der Waals surface area contributed by atoms with Crippen molar-refractivity contribution in [2.24, 2.45) is 0 Å². The molecule has 0 bridgehead atoms. The number of thioether (sulfide) groups is 1. The Morgan fingerprint density at radius 2 is 1.45 bits per heavy atom. The highest BCUT2D eigenvalue weighted by molar-refractivity contribution is 7.99. The second-order valence-electron chi connectivity index (χ2n) is 9.57. The summed E-state index contributed by atoms with van der Waals surface area (Å²) in [5, 5.41) is 10.3. The average molecular weight is 519 g/mol. The van der Waals surface area contributed by atoms with Crippen LogP contribution in [0.2, 0.25) is 0 Å². The monoisotopic (exact) mass is 518 g/mol. The summed E-state index contributed by atoms with van der Waals surface area (Å²) in [6, 6.07) is 27.4. The average Bonchev–Trinajstić information content (AvgIpc) is 3.25. The molecule has 5 heteroatoms. The minimum atomic E-state index is -0.249. The normalized spacial score (nSPS) is 11.2. The van der Waals surface area contributed by atoms with E-state index >= 15 is 0 Å². The number of aromatic nitrogens is 1. The molecular weight excluding hydrogens is 488 g/mol. The Kier molecular flexibility index (Phi) is 7.30. The van der Waals surface area contributed by atoms with Crippen molar-refractivity contribution in [2.45, 2.75) is 38.6 Å². The maximum atomic E-state index is 13.3. The van der Waals surface area contributed by atoms with Gasteiger partial charge in [-0.1, -0.05) is 42.0 Å². The number of nitrogens with zero attached hydrogens (tertiary/aromatic N) is 1. The summed E-state index contributed by atoms with van der Waals surface area (Å²) in [5.74, 6) is 0.415. The number of Topliss-reactive ketones (excluding diaryl/α,β-unsaturated/α-hetero) is 1. The van der Waals surface area contributed by atoms with Crippen LogP contribution in [0.1, 0.15) is 50.8 Å². The molecule has 4 nitrogen and oxygen atoms in total. The number of fused-ring (bicyclic) bond motifs is 3. The van der Waals surface area contributed by atoms with E-state index in [0.717, 1.165) is 38.8 Å². The van der Waals surface area contributed by atoms with Crippen LogP contribution in [0, 0.1) is 19.3 Å². The van der Waals surface area contributed by atoms with E-state index in [1.54, 1.807) is 11.8 Å². The number of aryl methyl sites for hydroxylation is 3. The minimum absolute atomic E-state index is 0.0116. The smallest absolute Gasteiger partial charge is 0.206 e. The van der Waals surface area contributed by atoms with Crippen LogP contribution < -0.4 is 0 Å². The summed E-state index contributed by atoms with van der Waals surface area (Å²) < 4.78 is 2.20. The van der Waals surface area contributed by atoms with E-state index in [4.69, 9.17) is 5.41 Å². The topological polar surface area (TPSA) is 62.9 Å². The van der Waals surface area contributed by atoms with Gasteiger partial charge in [-0.25, -0.2) is 0 Å². The van der Waals surface area contributed by atoms with Gasteiger partial charge in [-0.05, 0) is 74.9 Å². The molecule has 0 aliphatic heterocycles. The van der Waals surface area contributed by atoms with Gasteiger partial charge in [0, 0.05) is 62.1 Å². The standard InChI is InChI=1S/C33H30N2O2S/c1-4-35-30-15-11-23(32(36)26-8-6-5-7-22(26)3)19-27(30)28-20-24(12-16-31(28)35)33(37)29(34)17-18-38-25-13-9-21(2)10-14-25/h5-16,19-20,34H,4,17-18H2,1-3H3. The molecule has 5 aromatic rings. The van der Waals surface area contributed by atoms with E-state index in [0.29, 0.717) is 28.9 Å². The van der Waals surface area contributed by atoms with Crippen molar-refractivity contribution in [1.29, 1.82) is 5.41 Å². The molecule has 0 unspecified atom stereocenters. The molecule has 1 N–H and O–H groups in total. The van der Waals surface area contributed by atoms with Crippen LogP contribution in [0.25, 0.3) is 21.8 Å². The van der Waals surface area contributed by atoms with Crippen LogP contribution >= 0.6 is 11.8 Å². The van der Waals surface area contributed by atoms with Crippen molar-refractivity contribution < 1.29 is 9.59 Å². The number of hydrogen-bond acceptors (Lipinski definition) is 4. The zero-order valence-electron chi connectivity index (χ0n) is 21.9. The van der Waals surface area contributed by atoms with E-state index in [-0.39, 0.29) is 17.3 Å². The van der Waals surface area contributed by atoms with Gasteiger partial charge < -0.3 is 9.98 Å². The summed E-state index contributed by atoms with van der Waals surface area (Å²) in [7, 11) is 0.